The van der Waals surface area contributed by atoms with E-state index in [0.29, 0.717) is 0 Å². The van der Waals surface area contributed by atoms with Crippen molar-refractivity contribution in [3.05, 3.63) is 151 Å². The van der Waals surface area contributed by atoms with Crippen molar-refractivity contribution in [2.24, 2.45) is 0 Å². The summed E-state index contributed by atoms with van der Waals surface area (Å²) < 4.78 is 6.27. The van der Waals surface area contributed by atoms with Gasteiger partial charge in [-0.1, -0.05) is 109 Å². The van der Waals surface area contributed by atoms with Crippen molar-refractivity contribution in [2.75, 3.05) is 4.90 Å². The number of fused-ring (bicyclic) bond motifs is 7. The van der Waals surface area contributed by atoms with Crippen LogP contribution in [-0.2, 0) is 0 Å². The number of benzene rings is 7. The van der Waals surface area contributed by atoms with Crippen LogP contribution in [-0.4, -0.2) is 0 Å². The molecule has 2 atom stereocenters. The standard InChI is InChI=1S/C38H26N2O/c1-2-12-27(13-3-1)40-37(26-19-20-31-30-16-8-9-17-34(30)41-35(31)23-26)39-38(40)36-29-15-7-5-11-25(29)22-33-28-14-6-4-10-24(28)18-21-32(33)36/h1-23,37-39H. The lowest BCUT2D eigenvalue weighted by Crippen LogP contribution is -2.57. The summed E-state index contributed by atoms with van der Waals surface area (Å²) in [5.41, 5.74) is 5.53. The third-order valence-corrected chi connectivity index (χ3v) is 8.73. The molecule has 1 aliphatic heterocycles. The fourth-order valence-electron chi connectivity index (χ4n) is 6.82. The minimum absolute atomic E-state index is 0.00327. The number of nitrogens with one attached hydrogen (secondary N) is 1. The van der Waals surface area contributed by atoms with Crippen LogP contribution in [0.2, 0.25) is 0 Å². The second-order valence-corrected chi connectivity index (χ2v) is 11.0. The molecule has 1 N–H and O–H groups in total. The van der Waals surface area contributed by atoms with Gasteiger partial charge in [0, 0.05) is 22.0 Å². The van der Waals surface area contributed by atoms with Crippen molar-refractivity contribution in [3.63, 3.8) is 0 Å². The highest BCUT2D eigenvalue weighted by atomic mass is 16.3. The van der Waals surface area contributed by atoms with Crippen LogP contribution < -0.4 is 10.2 Å². The second-order valence-electron chi connectivity index (χ2n) is 11.0. The highest BCUT2D eigenvalue weighted by Gasteiger charge is 2.41. The fraction of sp³-hybridized carbons (Fsp3) is 0.0526. The normalized spacial score (nSPS) is 17.1. The first kappa shape index (κ1) is 22.7. The summed E-state index contributed by atoms with van der Waals surface area (Å²) in [6.07, 6.45) is 0.0121. The first-order valence-electron chi connectivity index (χ1n) is 14.2. The number of nitrogens with zero attached hydrogens (tertiary/aromatic N) is 1. The van der Waals surface area contributed by atoms with Crippen LogP contribution in [0.5, 0.6) is 0 Å². The molecule has 2 unspecified atom stereocenters. The Balaban J connectivity index is 1.25. The van der Waals surface area contributed by atoms with E-state index in [9.17, 15) is 0 Å². The van der Waals surface area contributed by atoms with Crippen LogP contribution >= 0.6 is 0 Å². The van der Waals surface area contributed by atoms with E-state index >= 15 is 0 Å². The summed E-state index contributed by atoms with van der Waals surface area (Å²) in [4.78, 5) is 2.51. The van der Waals surface area contributed by atoms with Crippen molar-refractivity contribution in [1.29, 1.82) is 0 Å². The molecule has 0 spiro atoms. The third kappa shape index (κ3) is 3.36. The lowest BCUT2D eigenvalue weighted by atomic mass is 9.89. The molecule has 9 rings (SSSR count). The first-order chi connectivity index (χ1) is 20.3. The van der Waals surface area contributed by atoms with Crippen molar-refractivity contribution in [3.8, 4) is 0 Å². The largest absolute Gasteiger partial charge is 0.456 e. The molecule has 1 aliphatic rings. The lowest BCUT2D eigenvalue weighted by Gasteiger charge is -2.52. The van der Waals surface area contributed by atoms with Gasteiger partial charge in [0.1, 0.15) is 23.5 Å². The van der Waals surface area contributed by atoms with Crippen molar-refractivity contribution >= 4 is 59.9 Å². The van der Waals surface area contributed by atoms with Crippen LogP contribution in [0.15, 0.2) is 144 Å². The zero-order valence-electron chi connectivity index (χ0n) is 22.3. The summed E-state index contributed by atoms with van der Waals surface area (Å²) in [5, 5.41) is 13.9. The molecule has 7 aromatic carbocycles. The molecule has 8 aromatic rings. The van der Waals surface area contributed by atoms with Gasteiger partial charge >= 0.3 is 0 Å². The molecule has 0 saturated carbocycles. The molecule has 0 radical (unpaired) electrons. The van der Waals surface area contributed by atoms with E-state index in [2.05, 4.69) is 138 Å². The molecule has 3 nitrogen and oxygen atoms in total. The average molecular weight is 527 g/mol. The van der Waals surface area contributed by atoms with E-state index < -0.39 is 0 Å². The number of para-hydroxylation sites is 2. The highest BCUT2D eigenvalue weighted by Crippen LogP contribution is 2.47. The number of rotatable bonds is 3. The summed E-state index contributed by atoms with van der Waals surface area (Å²) >= 11 is 0. The van der Waals surface area contributed by atoms with E-state index in [4.69, 9.17) is 4.42 Å². The maximum atomic E-state index is 6.27. The molecular formula is C38H26N2O. The van der Waals surface area contributed by atoms with E-state index in [0.717, 1.165) is 21.9 Å². The van der Waals surface area contributed by atoms with Gasteiger partial charge in [-0.2, -0.15) is 0 Å². The van der Waals surface area contributed by atoms with Crippen LogP contribution in [0, 0.1) is 0 Å². The zero-order valence-corrected chi connectivity index (χ0v) is 22.3. The molecule has 0 amide bonds. The average Bonchev–Trinajstić information content (AvgIpc) is 3.39. The van der Waals surface area contributed by atoms with Crippen molar-refractivity contribution < 1.29 is 4.42 Å². The van der Waals surface area contributed by atoms with E-state index in [-0.39, 0.29) is 12.3 Å². The maximum Gasteiger partial charge on any atom is 0.135 e. The highest BCUT2D eigenvalue weighted by molar-refractivity contribution is 6.14. The monoisotopic (exact) mass is 526 g/mol. The number of furan rings is 1. The fourth-order valence-corrected chi connectivity index (χ4v) is 6.82. The summed E-state index contributed by atoms with van der Waals surface area (Å²) in [6, 6.07) is 50.1. The topological polar surface area (TPSA) is 28.4 Å². The SMILES string of the molecule is c1ccc(N2C(c3ccc4c(c3)oc3ccccc34)NC2c2c3ccccc3cc3c2ccc2ccccc23)cc1. The van der Waals surface area contributed by atoms with Gasteiger partial charge in [0.05, 0.1) is 0 Å². The molecule has 3 heteroatoms. The van der Waals surface area contributed by atoms with Gasteiger partial charge in [0.25, 0.3) is 0 Å². The molecule has 1 fully saturated rings. The van der Waals surface area contributed by atoms with Gasteiger partial charge in [-0.3, -0.25) is 5.32 Å². The summed E-state index contributed by atoms with van der Waals surface area (Å²) in [7, 11) is 0. The Bertz CT molecular complexity index is 2270. The lowest BCUT2D eigenvalue weighted by molar-refractivity contribution is 0.279. The van der Waals surface area contributed by atoms with Gasteiger partial charge in [0.2, 0.25) is 0 Å². The quantitative estimate of drug-likeness (QED) is 0.183. The number of hydrogen-bond donors (Lipinski definition) is 1. The van der Waals surface area contributed by atoms with Gasteiger partial charge in [-0.05, 0) is 68.2 Å². The molecule has 0 bridgehead atoms. The molecule has 0 aliphatic carbocycles. The predicted molar refractivity (Wildman–Crippen MR) is 170 cm³/mol. The van der Waals surface area contributed by atoms with Gasteiger partial charge in [-0.15, -0.1) is 0 Å². The molecule has 194 valence electrons. The Labute approximate surface area is 237 Å². The van der Waals surface area contributed by atoms with Gasteiger partial charge in [-0.25, -0.2) is 0 Å². The van der Waals surface area contributed by atoms with E-state index in [1.54, 1.807) is 0 Å². The second kappa shape index (κ2) is 8.69. The Morgan fingerprint density at radius 1 is 0.463 bits per heavy atom. The number of anilines is 1. The van der Waals surface area contributed by atoms with Gasteiger partial charge < -0.3 is 9.32 Å². The van der Waals surface area contributed by atoms with Crippen LogP contribution in [0.1, 0.15) is 23.5 Å². The van der Waals surface area contributed by atoms with Crippen molar-refractivity contribution in [2.45, 2.75) is 12.3 Å². The molecule has 41 heavy (non-hydrogen) atoms. The predicted octanol–water partition coefficient (Wildman–Crippen LogP) is 9.85. The van der Waals surface area contributed by atoms with E-state index in [1.807, 2.05) is 12.1 Å². The molecule has 2 heterocycles. The Hall–Kier alpha value is -5.12. The molecule has 1 aromatic heterocycles. The van der Waals surface area contributed by atoms with Gasteiger partial charge in [0.15, 0.2) is 0 Å². The Morgan fingerprint density at radius 3 is 2.02 bits per heavy atom. The van der Waals surface area contributed by atoms with Crippen molar-refractivity contribution in [1.82, 2.24) is 5.32 Å². The van der Waals surface area contributed by atoms with Crippen LogP contribution in [0.3, 0.4) is 0 Å². The van der Waals surface area contributed by atoms with E-state index in [1.165, 1.54) is 49.1 Å². The first-order valence-corrected chi connectivity index (χ1v) is 14.2. The van der Waals surface area contributed by atoms with Crippen LogP contribution in [0.4, 0.5) is 5.69 Å². The molecule has 1 saturated heterocycles. The minimum atomic E-state index is 0.00327. The summed E-state index contributed by atoms with van der Waals surface area (Å²) in [5.74, 6) is 0. The minimum Gasteiger partial charge on any atom is -0.456 e. The van der Waals surface area contributed by atoms with Crippen LogP contribution in [0.25, 0.3) is 54.3 Å². The third-order valence-electron chi connectivity index (χ3n) is 8.73. The summed E-state index contributed by atoms with van der Waals surface area (Å²) in [6.45, 7) is 0. The maximum absolute atomic E-state index is 6.27. The Morgan fingerprint density at radius 2 is 1.15 bits per heavy atom. The smallest absolute Gasteiger partial charge is 0.135 e. The number of hydrogen-bond acceptors (Lipinski definition) is 3. The molecular weight excluding hydrogens is 500 g/mol. The zero-order chi connectivity index (χ0) is 26.9. The Kier molecular flexibility index (Phi) is 4.80.